The molecule has 0 aromatic carbocycles. The Balaban J connectivity index is 3.37. The third-order valence-electron chi connectivity index (χ3n) is 15.2. The van der Waals surface area contributed by atoms with Gasteiger partial charge in [-0.25, -0.2) is 0 Å². The van der Waals surface area contributed by atoms with E-state index in [1.807, 2.05) is 6.08 Å². The lowest BCUT2D eigenvalue weighted by Crippen LogP contribution is -2.45. The molecule has 0 saturated carbocycles. The van der Waals surface area contributed by atoms with E-state index in [4.69, 9.17) is 4.74 Å². The highest BCUT2D eigenvalue weighted by Crippen LogP contribution is 2.17. The van der Waals surface area contributed by atoms with Gasteiger partial charge in [0.2, 0.25) is 5.91 Å². The van der Waals surface area contributed by atoms with Crippen LogP contribution >= 0.6 is 0 Å². The van der Waals surface area contributed by atoms with Crippen LogP contribution in [0.25, 0.3) is 0 Å². The molecular weight excluding hydrogens is 899 g/mol. The number of hydrogen-bond donors (Lipinski definition) is 3. The predicted molar refractivity (Wildman–Crippen MR) is 319 cm³/mol. The molecule has 3 N–H and O–H groups in total. The lowest BCUT2D eigenvalue weighted by Gasteiger charge is -2.20. The summed E-state index contributed by atoms with van der Waals surface area (Å²) in [5, 5.41) is 23.0. The Kier molecular flexibility index (Phi) is 61.0. The van der Waals surface area contributed by atoms with Crippen LogP contribution in [0.15, 0.2) is 36.5 Å². The maximum Gasteiger partial charge on any atom is 0.305 e. The Morgan fingerprint density at radius 2 is 0.685 bits per heavy atom. The fourth-order valence-corrected chi connectivity index (χ4v) is 10.1. The third kappa shape index (κ3) is 59.2. The van der Waals surface area contributed by atoms with Crippen LogP contribution in [0.2, 0.25) is 0 Å². The fourth-order valence-electron chi connectivity index (χ4n) is 10.1. The van der Waals surface area contributed by atoms with E-state index in [9.17, 15) is 19.8 Å². The number of carbonyl (C=O) groups excluding carboxylic acids is 2. The molecule has 0 aromatic heterocycles. The van der Waals surface area contributed by atoms with Crippen molar-refractivity contribution < 1.29 is 24.5 Å². The van der Waals surface area contributed by atoms with Gasteiger partial charge in [0.15, 0.2) is 0 Å². The molecule has 0 heterocycles. The number of aliphatic hydroxyl groups is 2. The first-order valence-electron chi connectivity index (χ1n) is 32.8. The second kappa shape index (κ2) is 62.6. The first-order valence-corrected chi connectivity index (χ1v) is 32.8. The number of esters is 1. The van der Waals surface area contributed by atoms with Crippen LogP contribution in [-0.2, 0) is 14.3 Å². The summed E-state index contributed by atoms with van der Waals surface area (Å²) in [7, 11) is 0. The van der Waals surface area contributed by atoms with Crippen molar-refractivity contribution in [3.05, 3.63) is 36.5 Å². The van der Waals surface area contributed by atoms with Crippen molar-refractivity contribution in [2.24, 2.45) is 0 Å². The molecule has 0 spiro atoms. The van der Waals surface area contributed by atoms with E-state index in [1.54, 1.807) is 6.08 Å². The standard InChI is InChI=1S/C67H127NO5/c1-3-5-7-9-11-13-15-16-34-38-41-45-49-53-57-61-67(72)73-62-58-54-50-46-42-39-36-33-31-29-27-25-23-21-19-17-18-20-22-24-26-28-30-32-35-37-40-44-48-52-56-60-66(71)68-64(63-69)65(70)59-55-51-47-43-14-12-10-8-6-4-2/h19,21,25,27,55,59,64-65,69-70H,3-18,20,22-24,26,28-54,56-58,60-63H2,1-2H3,(H,68,71)/b21-19-,27-25-,59-55+. The zero-order chi connectivity index (χ0) is 52.9. The molecule has 2 atom stereocenters. The van der Waals surface area contributed by atoms with Gasteiger partial charge in [-0.2, -0.15) is 0 Å². The number of hydrogen-bond acceptors (Lipinski definition) is 5. The number of allylic oxidation sites excluding steroid dienone is 5. The van der Waals surface area contributed by atoms with Crippen molar-refractivity contribution in [1.82, 2.24) is 5.32 Å². The normalized spacial score (nSPS) is 12.8. The Morgan fingerprint density at radius 3 is 1.04 bits per heavy atom. The molecule has 0 aliphatic heterocycles. The molecule has 6 nitrogen and oxygen atoms in total. The van der Waals surface area contributed by atoms with E-state index in [2.05, 4.69) is 43.5 Å². The Hall–Kier alpha value is -1.92. The molecule has 2 unspecified atom stereocenters. The largest absolute Gasteiger partial charge is 0.466 e. The molecule has 73 heavy (non-hydrogen) atoms. The van der Waals surface area contributed by atoms with E-state index in [0.717, 1.165) is 44.9 Å². The molecule has 0 rings (SSSR count). The van der Waals surface area contributed by atoms with Gasteiger partial charge in [0, 0.05) is 12.8 Å². The molecule has 0 bridgehead atoms. The van der Waals surface area contributed by atoms with E-state index >= 15 is 0 Å². The molecule has 0 aliphatic carbocycles. The van der Waals surface area contributed by atoms with Crippen molar-refractivity contribution in [2.75, 3.05) is 13.2 Å². The van der Waals surface area contributed by atoms with Gasteiger partial charge >= 0.3 is 5.97 Å². The molecule has 0 radical (unpaired) electrons. The summed E-state index contributed by atoms with van der Waals surface area (Å²) in [4.78, 5) is 24.5. The van der Waals surface area contributed by atoms with Gasteiger partial charge in [0.05, 0.1) is 25.4 Å². The van der Waals surface area contributed by atoms with Gasteiger partial charge in [0.25, 0.3) is 0 Å². The molecule has 6 heteroatoms. The zero-order valence-corrected chi connectivity index (χ0v) is 49.1. The minimum atomic E-state index is -0.842. The number of unbranched alkanes of at least 4 members (excludes halogenated alkanes) is 46. The van der Waals surface area contributed by atoms with Crippen molar-refractivity contribution in [3.63, 3.8) is 0 Å². The number of amides is 1. The summed E-state index contributed by atoms with van der Waals surface area (Å²) in [6.07, 6.45) is 79.3. The van der Waals surface area contributed by atoms with Crippen LogP contribution in [0.4, 0.5) is 0 Å². The molecular formula is C67H127NO5. The number of ether oxygens (including phenoxy) is 1. The summed E-state index contributed by atoms with van der Waals surface area (Å²) in [6, 6.07) is -0.626. The first kappa shape index (κ1) is 71.1. The van der Waals surface area contributed by atoms with Crippen molar-refractivity contribution >= 4 is 11.9 Å². The Morgan fingerprint density at radius 1 is 0.384 bits per heavy atom. The van der Waals surface area contributed by atoms with Crippen LogP contribution < -0.4 is 5.32 Å². The number of aliphatic hydroxyl groups excluding tert-OH is 2. The SMILES string of the molecule is CCCCCCCCCC/C=C/C(O)C(CO)NC(=O)CCCCCCCCCCCCCCCCC/C=C\C/C=C\CCCCCCCCCCCOC(=O)CCCCCCCCCCCCCCCCC. The van der Waals surface area contributed by atoms with E-state index < -0.39 is 12.1 Å². The van der Waals surface area contributed by atoms with E-state index in [1.165, 1.54) is 283 Å². The van der Waals surface area contributed by atoms with E-state index in [-0.39, 0.29) is 18.5 Å². The zero-order valence-electron chi connectivity index (χ0n) is 49.1. The summed E-state index contributed by atoms with van der Waals surface area (Å²) in [6.45, 7) is 4.90. The second-order valence-electron chi connectivity index (χ2n) is 22.5. The van der Waals surface area contributed by atoms with Gasteiger partial charge in [-0.3, -0.25) is 9.59 Å². The van der Waals surface area contributed by atoms with Gasteiger partial charge < -0.3 is 20.3 Å². The topological polar surface area (TPSA) is 95.9 Å². The Labute approximate surface area is 455 Å². The number of carbonyl (C=O) groups is 2. The van der Waals surface area contributed by atoms with Gasteiger partial charge in [-0.05, 0) is 64.2 Å². The highest BCUT2D eigenvalue weighted by molar-refractivity contribution is 5.76. The van der Waals surface area contributed by atoms with Crippen LogP contribution in [0.3, 0.4) is 0 Å². The van der Waals surface area contributed by atoms with Crippen LogP contribution in [0, 0.1) is 0 Å². The second-order valence-corrected chi connectivity index (χ2v) is 22.5. The first-order chi connectivity index (χ1) is 36.0. The van der Waals surface area contributed by atoms with E-state index in [0.29, 0.717) is 19.4 Å². The minimum absolute atomic E-state index is 0.0158. The average molecular weight is 1030 g/mol. The maximum absolute atomic E-state index is 12.4. The maximum atomic E-state index is 12.4. The van der Waals surface area contributed by atoms with Crippen molar-refractivity contribution in [2.45, 2.75) is 366 Å². The quantitative estimate of drug-likeness (QED) is 0.0320. The highest BCUT2D eigenvalue weighted by Gasteiger charge is 2.18. The molecule has 1 amide bonds. The molecule has 430 valence electrons. The minimum Gasteiger partial charge on any atom is -0.466 e. The average Bonchev–Trinajstić information content (AvgIpc) is 3.39. The molecule has 0 fully saturated rings. The van der Waals surface area contributed by atoms with Gasteiger partial charge in [0.1, 0.15) is 0 Å². The van der Waals surface area contributed by atoms with Crippen LogP contribution in [0.5, 0.6) is 0 Å². The molecule has 0 saturated heterocycles. The van der Waals surface area contributed by atoms with Crippen molar-refractivity contribution in [3.8, 4) is 0 Å². The van der Waals surface area contributed by atoms with Crippen LogP contribution in [-0.4, -0.2) is 47.4 Å². The highest BCUT2D eigenvalue weighted by atomic mass is 16.5. The lowest BCUT2D eigenvalue weighted by molar-refractivity contribution is -0.143. The molecule has 0 aliphatic rings. The predicted octanol–water partition coefficient (Wildman–Crippen LogP) is 20.8. The Bertz CT molecular complexity index is 1180. The summed E-state index contributed by atoms with van der Waals surface area (Å²) < 4.78 is 5.49. The third-order valence-corrected chi connectivity index (χ3v) is 15.2. The number of rotatable bonds is 61. The van der Waals surface area contributed by atoms with Gasteiger partial charge in [-0.1, -0.05) is 314 Å². The monoisotopic (exact) mass is 1030 g/mol. The van der Waals surface area contributed by atoms with Crippen molar-refractivity contribution in [1.29, 1.82) is 0 Å². The fraction of sp³-hybridized carbons (Fsp3) is 0.881. The lowest BCUT2D eigenvalue weighted by atomic mass is 10.0. The summed E-state index contributed by atoms with van der Waals surface area (Å²) >= 11 is 0. The molecule has 0 aromatic rings. The van der Waals surface area contributed by atoms with Gasteiger partial charge in [-0.15, -0.1) is 0 Å². The number of nitrogens with one attached hydrogen (secondary N) is 1. The van der Waals surface area contributed by atoms with Crippen LogP contribution in [0.1, 0.15) is 354 Å². The summed E-state index contributed by atoms with van der Waals surface area (Å²) in [5.74, 6) is -0.0527. The summed E-state index contributed by atoms with van der Waals surface area (Å²) in [5.41, 5.74) is 0. The smallest absolute Gasteiger partial charge is 0.305 e.